The van der Waals surface area contributed by atoms with E-state index in [0.29, 0.717) is 23.3 Å². The highest BCUT2D eigenvalue weighted by molar-refractivity contribution is 6.30. The number of benzene rings is 2. The van der Waals surface area contributed by atoms with Gasteiger partial charge in [-0.3, -0.25) is 4.98 Å². The van der Waals surface area contributed by atoms with Gasteiger partial charge in [-0.05, 0) is 36.4 Å². The lowest BCUT2D eigenvalue weighted by atomic mass is 10.2. The molecule has 4 aromatic rings. The molecule has 136 valence electrons. The number of nitrogens with zero attached hydrogens (tertiary/aromatic N) is 3. The normalized spacial score (nSPS) is 10.3. The number of fused-ring (bicyclic) bond motifs is 1. The second kappa shape index (κ2) is 8.47. The Kier molecular flexibility index (Phi) is 5.84. The van der Waals surface area contributed by atoms with Crippen molar-refractivity contribution in [3.63, 3.8) is 0 Å². The summed E-state index contributed by atoms with van der Waals surface area (Å²) < 4.78 is 5.87. The quantitative estimate of drug-likeness (QED) is 0.487. The van der Waals surface area contributed by atoms with E-state index in [2.05, 4.69) is 20.5 Å². The largest absolute Gasteiger partial charge is 0.471 e. The van der Waals surface area contributed by atoms with Crippen molar-refractivity contribution in [2.75, 3.05) is 5.32 Å². The van der Waals surface area contributed by atoms with E-state index in [1.165, 1.54) is 0 Å². The van der Waals surface area contributed by atoms with Gasteiger partial charge >= 0.3 is 0 Å². The maximum Gasteiger partial charge on any atom is 0.241 e. The molecule has 5 nitrogen and oxygen atoms in total. The van der Waals surface area contributed by atoms with Crippen LogP contribution in [-0.2, 0) is 6.61 Å². The molecule has 0 atom stereocenters. The summed E-state index contributed by atoms with van der Waals surface area (Å²) >= 11 is 5.94. The minimum atomic E-state index is 0. The smallest absolute Gasteiger partial charge is 0.241 e. The Morgan fingerprint density at radius 1 is 0.889 bits per heavy atom. The van der Waals surface area contributed by atoms with Crippen molar-refractivity contribution in [1.82, 2.24) is 15.2 Å². The van der Waals surface area contributed by atoms with Gasteiger partial charge in [0, 0.05) is 39.4 Å². The summed E-state index contributed by atoms with van der Waals surface area (Å²) in [4.78, 5) is 4.09. The maximum absolute atomic E-state index is 5.94. The third-order valence-corrected chi connectivity index (χ3v) is 4.11. The van der Waals surface area contributed by atoms with E-state index in [1.54, 1.807) is 12.4 Å². The van der Waals surface area contributed by atoms with Crippen LogP contribution >= 0.6 is 11.6 Å². The molecule has 2 aromatic carbocycles. The summed E-state index contributed by atoms with van der Waals surface area (Å²) in [5.74, 6) is 1.16. The fraction of sp³-hybridized carbons (Fsp3) is 0.0952. The molecule has 0 aliphatic heterocycles. The Morgan fingerprint density at radius 3 is 2.41 bits per heavy atom. The second-order valence-electron chi connectivity index (χ2n) is 5.68. The Bertz CT molecular complexity index is 1020. The van der Waals surface area contributed by atoms with Gasteiger partial charge in [0.25, 0.3) is 0 Å². The van der Waals surface area contributed by atoms with Crippen LogP contribution in [0.2, 0.25) is 5.02 Å². The number of aromatic nitrogens is 3. The van der Waals surface area contributed by atoms with Gasteiger partial charge in [0.1, 0.15) is 6.61 Å². The Labute approximate surface area is 163 Å². The first-order valence-corrected chi connectivity index (χ1v) is 8.47. The third kappa shape index (κ3) is 4.33. The van der Waals surface area contributed by atoms with E-state index >= 15 is 0 Å². The van der Waals surface area contributed by atoms with Gasteiger partial charge in [0.05, 0.1) is 0 Å². The molecular weight excluding hydrogens is 360 g/mol. The zero-order valence-electron chi connectivity index (χ0n) is 13.8. The maximum atomic E-state index is 5.94. The van der Waals surface area contributed by atoms with Crippen LogP contribution in [0, 0.1) is 0 Å². The zero-order chi connectivity index (χ0) is 17.8. The molecule has 0 unspecified atom stereocenters. The number of halogens is 1. The van der Waals surface area contributed by atoms with Crippen molar-refractivity contribution in [2.24, 2.45) is 0 Å². The summed E-state index contributed by atoms with van der Waals surface area (Å²) in [6, 6.07) is 19.1. The first-order chi connectivity index (χ1) is 12.8. The molecule has 0 saturated heterocycles. The molecule has 0 amide bonds. The number of hydrogen-bond acceptors (Lipinski definition) is 5. The van der Waals surface area contributed by atoms with Crippen molar-refractivity contribution >= 4 is 33.9 Å². The van der Waals surface area contributed by atoms with E-state index in [1.807, 2.05) is 60.7 Å². The highest BCUT2D eigenvalue weighted by atomic mass is 35.5. The van der Waals surface area contributed by atoms with Crippen molar-refractivity contribution in [3.05, 3.63) is 83.6 Å². The van der Waals surface area contributed by atoms with Gasteiger partial charge in [-0.15, -0.1) is 10.2 Å². The lowest BCUT2D eigenvalue weighted by Gasteiger charge is -2.12. The summed E-state index contributed by atoms with van der Waals surface area (Å²) in [6.07, 6.45) is 3.50. The van der Waals surface area contributed by atoms with Crippen molar-refractivity contribution < 1.29 is 4.74 Å². The lowest BCUT2D eigenvalue weighted by Crippen LogP contribution is -2.02. The van der Waals surface area contributed by atoms with Crippen LogP contribution in [0.5, 0.6) is 5.88 Å². The Morgan fingerprint density at radius 2 is 1.67 bits per heavy atom. The third-order valence-electron chi connectivity index (χ3n) is 3.86. The molecule has 0 saturated carbocycles. The van der Waals surface area contributed by atoms with E-state index < -0.39 is 0 Å². The number of rotatable bonds is 5. The molecule has 0 radical (unpaired) electrons. The average Bonchev–Trinajstić information content (AvgIpc) is 2.70. The second-order valence-corrected chi connectivity index (χ2v) is 6.12. The molecule has 2 aromatic heterocycles. The molecule has 2 heterocycles. The highest BCUT2D eigenvalue weighted by Gasteiger charge is 2.10. The minimum Gasteiger partial charge on any atom is -0.471 e. The van der Waals surface area contributed by atoms with Crippen LogP contribution in [0.1, 0.15) is 13.0 Å². The van der Waals surface area contributed by atoms with Gasteiger partial charge in [-0.25, -0.2) is 0 Å². The molecule has 0 aliphatic carbocycles. The molecule has 1 N–H and O–H groups in total. The fourth-order valence-corrected chi connectivity index (χ4v) is 2.71. The molecule has 0 bridgehead atoms. The van der Waals surface area contributed by atoms with E-state index in [-0.39, 0.29) is 7.43 Å². The first-order valence-electron chi connectivity index (χ1n) is 8.09. The van der Waals surface area contributed by atoms with E-state index in [4.69, 9.17) is 16.3 Å². The van der Waals surface area contributed by atoms with Gasteiger partial charge < -0.3 is 10.1 Å². The molecule has 6 heteroatoms. The fourth-order valence-electron chi connectivity index (χ4n) is 2.58. The van der Waals surface area contributed by atoms with Gasteiger partial charge in [0.2, 0.25) is 5.88 Å². The SMILES string of the molecule is C.Clc1ccc(Nc2nnc(OCc3cccnc3)c3ccccc23)cc1. The number of anilines is 2. The van der Waals surface area contributed by atoms with Crippen LogP contribution in [-0.4, -0.2) is 15.2 Å². The predicted octanol–water partition coefficient (Wildman–Crippen LogP) is 5.64. The van der Waals surface area contributed by atoms with Crippen LogP contribution in [0.4, 0.5) is 11.5 Å². The standard InChI is InChI=1S/C20H15ClN4O.CH4/c21-15-7-9-16(10-8-15)23-19-17-5-1-2-6-18(17)20(25-24-19)26-13-14-4-3-11-22-12-14;/h1-12H,13H2,(H,23,24);1H4. The number of nitrogens with one attached hydrogen (secondary N) is 1. The van der Waals surface area contributed by atoms with E-state index in [9.17, 15) is 0 Å². The highest BCUT2D eigenvalue weighted by Crippen LogP contribution is 2.30. The summed E-state index contributed by atoms with van der Waals surface area (Å²) in [5.41, 5.74) is 1.86. The first kappa shape index (κ1) is 18.6. The van der Waals surface area contributed by atoms with Crippen LogP contribution in [0.15, 0.2) is 73.1 Å². The lowest BCUT2D eigenvalue weighted by molar-refractivity contribution is 0.294. The number of pyridine rings is 1. The van der Waals surface area contributed by atoms with Crippen LogP contribution in [0.25, 0.3) is 10.8 Å². The van der Waals surface area contributed by atoms with Crippen LogP contribution in [0.3, 0.4) is 0 Å². The van der Waals surface area contributed by atoms with Crippen molar-refractivity contribution in [1.29, 1.82) is 0 Å². The molecule has 4 rings (SSSR count). The monoisotopic (exact) mass is 378 g/mol. The summed E-state index contributed by atoms with van der Waals surface area (Å²) in [5, 5.41) is 14.3. The Hall–Kier alpha value is -3.18. The summed E-state index contributed by atoms with van der Waals surface area (Å²) in [7, 11) is 0. The average molecular weight is 379 g/mol. The topological polar surface area (TPSA) is 59.9 Å². The molecule has 0 fully saturated rings. The van der Waals surface area contributed by atoms with Crippen molar-refractivity contribution in [2.45, 2.75) is 14.0 Å². The Balaban J connectivity index is 0.00000210. The molecule has 0 spiro atoms. The van der Waals surface area contributed by atoms with Crippen molar-refractivity contribution in [3.8, 4) is 5.88 Å². The predicted molar refractivity (Wildman–Crippen MR) is 110 cm³/mol. The minimum absolute atomic E-state index is 0. The summed E-state index contributed by atoms with van der Waals surface area (Å²) in [6.45, 7) is 0.385. The van der Waals surface area contributed by atoms with Gasteiger partial charge in [-0.1, -0.05) is 43.3 Å². The van der Waals surface area contributed by atoms with Gasteiger partial charge in [-0.2, -0.15) is 0 Å². The molecular formula is C21H19ClN4O. The van der Waals surface area contributed by atoms with Crippen LogP contribution < -0.4 is 10.1 Å². The number of hydrogen-bond donors (Lipinski definition) is 1. The van der Waals surface area contributed by atoms with E-state index in [0.717, 1.165) is 22.0 Å². The number of ether oxygens (including phenoxy) is 1. The van der Waals surface area contributed by atoms with Gasteiger partial charge in [0.15, 0.2) is 5.82 Å². The molecule has 27 heavy (non-hydrogen) atoms. The zero-order valence-corrected chi connectivity index (χ0v) is 14.5. The molecule has 0 aliphatic rings.